The molecule has 94 valence electrons. The summed E-state index contributed by atoms with van der Waals surface area (Å²) in [6, 6.07) is 9.67. The first-order valence-corrected chi connectivity index (χ1v) is 7.24. The van der Waals surface area contributed by atoms with Crippen molar-refractivity contribution in [1.29, 1.82) is 0 Å². The van der Waals surface area contributed by atoms with Crippen molar-refractivity contribution in [3.05, 3.63) is 52.8 Å². The third-order valence-corrected chi connectivity index (χ3v) is 4.63. The minimum atomic E-state index is -3.73. The van der Waals surface area contributed by atoms with Gasteiger partial charge in [0.25, 0.3) is 0 Å². The molecule has 0 spiro atoms. The standard InChI is InChI=1S/C12H9BrFNO2S/c13-8-2-1-3-9(6-8)18(16,17)10-4-5-12(15)11(14)7-10/h1-7H,15H2. The average molecular weight is 330 g/mol. The predicted octanol–water partition coefficient (Wildman–Crippen LogP) is 3.00. The fraction of sp³-hybridized carbons (Fsp3) is 0. The predicted molar refractivity (Wildman–Crippen MR) is 70.4 cm³/mol. The Bertz CT molecular complexity index is 701. The van der Waals surface area contributed by atoms with Crippen LogP contribution in [0.3, 0.4) is 0 Å². The van der Waals surface area contributed by atoms with E-state index in [1.54, 1.807) is 12.1 Å². The molecule has 0 unspecified atom stereocenters. The molecule has 0 aromatic heterocycles. The molecule has 3 nitrogen and oxygen atoms in total. The third kappa shape index (κ3) is 2.39. The second-order valence-electron chi connectivity index (χ2n) is 3.64. The van der Waals surface area contributed by atoms with Gasteiger partial charge in [-0.15, -0.1) is 0 Å². The molecule has 2 rings (SSSR count). The van der Waals surface area contributed by atoms with Gasteiger partial charge in [-0.2, -0.15) is 0 Å². The highest BCUT2D eigenvalue weighted by Crippen LogP contribution is 2.25. The first-order valence-electron chi connectivity index (χ1n) is 4.97. The molecule has 2 N–H and O–H groups in total. The van der Waals surface area contributed by atoms with Crippen LogP contribution < -0.4 is 5.73 Å². The van der Waals surface area contributed by atoms with E-state index in [0.717, 1.165) is 6.07 Å². The van der Waals surface area contributed by atoms with E-state index < -0.39 is 15.7 Å². The van der Waals surface area contributed by atoms with E-state index in [1.165, 1.54) is 24.3 Å². The molecule has 0 saturated heterocycles. The second kappa shape index (κ2) is 4.70. The van der Waals surface area contributed by atoms with E-state index in [4.69, 9.17) is 5.73 Å². The first-order chi connectivity index (χ1) is 8.41. The molecule has 0 aliphatic rings. The van der Waals surface area contributed by atoms with Crippen molar-refractivity contribution in [2.45, 2.75) is 9.79 Å². The van der Waals surface area contributed by atoms with Gasteiger partial charge in [0.05, 0.1) is 15.5 Å². The van der Waals surface area contributed by atoms with Gasteiger partial charge >= 0.3 is 0 Å². The van der Waals surface area contributed by atoms with Crippen LogP contribution in [0.5, 0.6) is 0 Å². The van der Waals surface area contributed by atoms with E-state index in [0.29, 0.717) is 4.47 Å². The zero-order valence-electron chi connectivity index (χ0n) is 9.10. The van der Waals surface area contributed by atoms with Gasteiger partial charge in [-0.25, -0.2) is 12.8 Å². The minimum Gasteiger partial charge on any atom is -0.396 e. The highest BCUT2D eigenvalue weighted by atomic mass is 79.9. The lowest BCUT2D eigenvalue weighted by molar-refractivity contribution is 0.591. The Labute approximate surface area is 112 Å². The van der Waals surface area contributed by atoms with Crippen molar-refractivity contribution in [1.82, 2.24) is 0 Å². The molecule has 0 amide bonds. The summed E-state index contributed by atoms with van der Waals surface area (Å²) in [6.07, 6.45) is 0. The lowest BCUT2D eigenvalue weighted by Gasteiger charge is -2.06. The van der Waals surface area contributed by atoms with E-state index in [1.807, 2.05) is 0 Å². The molecule has 0 aliphatic carbocycles. The number of halogens is 2. The SMILES string of the molecule is Nc1ccc(S(=O)(=O)c2cccc(Br)c2)cc1F. The van der Waals surface area contributed by atoms with Crippen LogP contribution in [0.2, 0.25) is 0 Å². The Morgan fingerprint density at radius 2 is 1.72 bits per heavy atom. The summed E-state index contributed by atoms with van der Waals surface area (Å²) in [5.74, 6) is -0.744. The lowest BCUT2D eigenvalue weighted by Crippen LogP contribution is -2.03. The molecule has 0 radical (unpaired) electrons. The zero-order valence-corrected chi connectivity index (χ0v) is 11.5. The Morgan fingerprint density at radius 1 is 1.06 bits per heavy atom. The summed E-state index contributed by atoms with van der Waals surface area (Å²) in [6.45, 7) is 0. The number of hydrogen-bond acceptors (Lipinski definition) is 3. The van der Waals surface area contributed by atoms with Crippen LogP contribution in [-0.4, -0.2) is 8.42 Å². The number of nitrogens with two attached hydrogens (primary N) is 1. The summed E-state index contributed by atoms with van der Waals surface area (Å²) in [4.78, 5) is -0.0200. The van der Waals surface area contributed by atoms with E-state index in [2.05, 4.69) is 15.9 Å². The molecule has 0 saturated carbocycles. The van der Waals surface area contributed by atoms with Gasteiger partial charge in [-0.05, 0) is 36.4 Å². The van der Waals surface area contributed by atoms with Crippen LogP contribution >= 0.6 is 15.9 Å². The molecule has 2 aromatic carbocycles. The van der Waals surface area contributed by atoms with Gasteiger partial charge in [0.15, 0.2) is 0 Å². The molecular weight excluding hydrogens is 321 g/mol. The maximum Gasteiger partial charge on any atom is 0.206 e. The van der Waals surface area contributed by atoms with Gasteiger partial charge in [0, 0.05) is 4.47 Å². The number of nitrogen functional groups attached to an aromatic ring is 1. The van der Waals surface area contributed by atoms with E-state index in [9.17, 15) is 12.8 Å². The quantitative estimate of drug-likeness (QED) is 0.861. The van der Waals surface area contributed by atoms with Crippen molar-refractivity contribution in [2.75, 3.05) is 5.73 Å². The van der Waals surface area contributed by atoms with Crippen molar-refractivity contribution in [2.24, 2.45) is 0 Å². The summed E-state index contributed by atoms with van der Waals surface area (Å²) >= 11 is 3.19. The smallest absolute Gasteiger partial charge is 0.206 e. The number of anilines is 1. The van der Waals surface area contributed by atoms with Crippen LogP contribution in [0.15, 0.2) is 56.7 Å². The second-order valence-corrected chi connectivity index (χ2v) is 6.51. The first kappa shape index (κ1) is 13.0. The number of benzene rings is 2. The van der Waals surface area contributed by atoms with Crippen LogP contribution in [0.1, 0.15) is 0 Å². The molecule has 0 bridgehead atoms. The van der Waals surface area contributed by atoms with Crippen LogP contribution in [0.4, 0.5) is 10.1 Å². The maximum atomic E-state index is 13.3. The van der Waals surface area contributed by atoms with Gasteiger partial charge in [0.2, 0.25) is 9.84 Å². The van der Waals surface area contributed by atoms with Gasteiger partial charge in [-0.3, -0.25) is 0 Å². The Balaban J connectivity index is 2.58. The Kier molecular flexibility index (Phi) is 3.41. The summed E-state index contributed by atoms with van der Waals surface area (Å²) in [7, 11) is -3.73. The summed E-state index contributed by atoms with van der Waals surface area (Å²) < 4.78 is 38.4. The average Bonchev–Trinajstić information content (AvgIpc) is 2.32. The van der Waals surface area contributed by atoms with Crippen molar-refractivity contribution < 1.29 is 12.8 Å². The van der Waals surface area contributed by atoms with E-state index in [-0.39, 0.29) is 15.5 Å². The topological polar surface area (TPSA) is 60.2 Å². The molecule has 0 atom stereocenters. The van der Waals surface area contributed by atoms with Crippen molar-refractivity contribution >= 4 is 31.5 Å². The highest BCUT2D eigenvalue weighted by Gasteiger charge is 2.19. The summed E-state index contributed by atoms with van der Waals surface area (Å²) in [5.41, 5.74) is 5.24. The zero-order chi connectivity index (χ0) is 13.3. The molecular formula is C12H9BrFNO2S. The fourth-order valence-corrected chi connectivity index (χ4v) is 3.31. The van der Waals surface area contributed by atoms with Crippen LogP contribution in [0, 0.1) is 5.82 Å². The number of hydrogen-bond donors (Lipinski definition) is 1. The molecule has 0 aliphatic heterocycles. The minimum absolute atomic E-state index is 0.0804. The van der Waals surface area contributed by atoms with Gasteiger partial charge in [-0.1, -0.05) is 22.0 Å². The molecule has 2 aromatic rings. The maximum absolute atomic E-state index is 13.3. The van der Waals surface area contributed by atoms with Crippen molar-refractivity contribution in [3.63, 3.8) is 0 Å². The number of rotatable bonds is 2. The van der Waals surface area contributed by atoms with Crippen LogP contribution in [0.25, 0.3) is 0 Å². The van der Waals surface area contributed by atoms with E-state index >= 15 is 0 Å². The van der Waals surface area contributed by atoms with Crippen LogP contribution in [-0.2, 0) is 9.84 Å². The Hall–Kier alpha value is -1.40. The Morgan fingerprint density at radius 3 is 2.33 bits per heavy atom. The highest BCUT2D eigenvalue weighted by molar-refractivity contribution is 9.10. The summed E-state index contributed by atoms with van der Waals surface area (Å²) in [5, 5.41) is 0. The fourth-order valence-electron chi connectivity index (χ4n) is 1.45. The van der Waals surface area contributed by atoms with Crippen molar-refractivity contribution in [3.8, 4) is 0 Å². The molecule has 0 heterocycles. The normalized spacial score (nSPS) is 11.4. The molecule has 0 fully saturated rings. The molecule has 6 heteroatoms. The third-order valence-electron chi connectivity index (χ3n) is 2.39. The molecule has 18 heavy (non-hydrogen) atoms. The van der Waals surface area contributed by atoms with Gasteiger partial charge in [0.1, 0.15) is 5.82 Å². The number of sulfone groups is 1. The monoisotopic (exact) mass is 329 g/mol. The van der Waals surface area contributed by atoms with Gasteiger partial charge < -0.3 is 5.73 Å². The largest absolute Gasteiger partial charge is 0.396 e. The lowest BCUT2D eigenvalue weighted by atomic mass is 10.3.